The van der Waals surface area contributed by atoms with Crippen LogP contribution in [0.3, 0.4) is 0 Å². The second-order valence-electron chi connectivity index (χ2n) is 32.6. The quantitative estimate of drug-likeness (QED) is 0.173. The van der Waals surface area contributed by atoms with Crippen molar-refractivity contribution in [2.24, 2.45) is 0 Å². The molecule has 0 aromatic heterocycles. The molecule has 4 heterocycles. The minimum atomic E-state index is 0.170. The van der Waals surface area contributed by atoms with Crippen LogP contribution in [0, 0.1) is 0 Å². The van der Waals surface area contributed by atoms with Gasteiger partial charge in [0, 0.05) is 104 Å². The van der Waals surface area contributed by atoms with Crippen molar-refractivity contribution in [2.75, 3.05) is 91.0 Å². The van der Waals surface area contributed by atoms with E-state index in [0.717, 1.165) is 13.1 Å². The molecule has 0 saturated carbocycles. The minimum Gasteiger partial charge on any atom is -0.372 e. The predicted molar refractivity (Wildman–Crippen MR) is 376 cm³/mol. The fourth-order valence-corrected chi connectivity index (χ4v) is 12.1. The summed E-state index contributed by atoms with van der Waals surface area (Å²) < 4.78 is 0. The van der Waals surface area contributed by atoms with Crippen molar-refractivity contribution in [3.8, 4) is 0 Å². The highest BCUT2D eigenvalue weighted by Gasteiger charge is 2.41. The van der Waals surface area contributed by atoms with Gasteiger partial charge in [0.2, 0.25) is 0 Å². The van der Waals surface area contributed by atoms with Crippen LogP contribution < -0.4 is 24.5 Å². The number of hydrogen-bond acceptors (Lipinski definition) is 6. The van der Waals surface area contributed by atoms with Gasteiger partial charge in [-0.1, -0.05) is 165 Å². The van der Waals surface area contributed by atoms with E-state index < -0.39 is 0 Å². The lowest BCUT2D eigenvalue weighted by Gasteiger charge is -2.54. The maximum Gasteiger partial charge on any atom is 0.0375 e. The molecule has 0 spiro atoms. The summed E-state index contributed by atoms with van der Waals surface area (Å²) in [5.74, 6) is 0. The van der Waals surface area contributed by atoms with Crippen LogP contribution in [-0.2, 0) is 27.1 Å². The molecule has 0 N–H and O–H groups in total. The highest BCUT2D eigenvalue weighted by molar-refractivity contribution is 5.55. The molecule has 5 aromatic rings. The Balaban J connectivity index is 0.000000193. The monoisotopic (exact) mass is 1140 g/mol. The standard InChI is InChI=1S/C19H31N.C15H24N2.C15H23N.C15H25N.C14H21N/c1-17(2,3)15-9-11-16(12-10-15)20-18(4,5)13-8-14-19(20,6)7;1-15(2,3)13-5-7-14(8-6-13)17-11-9-16(4)10-12-17;1-15(2,3)13-7-9-14(10-8-13)16-11-5-4-6-12-16;1-14(2,3)12-8-10-13(11-9-12)16(7)15(4,5)6;1-14(2,3)12-6-8-13(9-7-12)15-10-4-5-11-15/h9-12H,8,13-14H2,1-7H3;5-8H,9-12H2,1-4H3;7-10H,4-6,11-12H2,1-3H3;8-11H,1-7H3;6-9H,4-5,10-11H2,1-3H3. The van der Waals surface area contributed by atoms with E-state index in [1.807, 2.05) is 0 Å². The Morgan fingerprint density at radius 2 is 0.560 bits per heavy atom. The zero-order chi connectivity index (χ0) is 62.7. The van der Waals surface area contributed by atoms with Gasteiger partial charge in [-0.25, -0.2) is 0 Å². The molecule has 0 amide bonds. The van der Waals surface area contributed by atoms with Gasteiger partial charge in [-0.15, -0.1) is 0 Å². The Labute approximate surface area is 518 Å². The summed E-state index contributed by atoms with van der Waals surface area (Å²) in [6.07, 6.45) is 10.7. The maximum absolute atomic E-state index is 2.63. The maximum atomic E-state index is 2.63. The topological polar surface area (TPSA) is 19.4 Å². The molecule has 0 aliphatic carbocycles. The van der Waals surface area contributed by atoms with Crippen LogP contribution in [0.2, 0.25) is 0 Å². The lowest BCUT2D eigenvalue weighted by molar-refractivity contribution is 0.244. The number of anilines is 5. The Bertz CT molecular complexity index is 2650. The summed E-state index contributed by atoms with van der Waals surface area (Å²) in [5.41, 5.74) is 15.8. The normalized spacial score (nSPS) is 17.8. The van der Waals surface area contributed by atoms with E-state index in [1.54, 1.807) is 0 Å². The Morgan fingerprint density at radius 3 is 0.833 bits per heavy atom. The Hall–Kier alpha value is -4.94. The molecule has 6 heteroatoms. The van der Waals surface area contributed by atoms with Gasteiger partial charge in [-0.3, -0.25) is 0 Å². The first-order chi connectivity index (χ1) is 38.8. The van der Waals surface area contributed by atoms with E-state index in [-0.39, 0.29) is 43.7 Å². The molecule has 9 rings (SSSR count). The number of hydrogen-bond donors (Lipinski definition) is 0. The summed E-state index contributed by atoms with van der Waals surface area (Å²) in [6, 6.07) is 45.4. The average Bonchev–Trinajstić information content (AvgIpc) is 2.38. The molecule has 6 nitrogen and oxygen atoms in total. The molecule has 466 valence electrons. The van der Waals surface area contributed by atoms with Crippen molar-refractivity contribution < 1.29 is 0 Å². The fraction of sp³-hybridized carbons (Fsp3) is 0.615. The van der Waals surface area contributed by atoms with Crippen LogP contribution in [0.5, 0.6) is 0 Å². The van der Waals surface area contributed by atoms with Gasteiger partial charge in [0.05, 0.1) is 0 Å². The third kappa shape index (κ3) is 20.9. The van der Waals surface area contributed by atoms with Gasteiger partial charge in [-0.2, -0.15) is 0 Å². The van der Waals surface area contributed by atoms with Crippen molar-refractivity contribution in [2.45, 2.75) is 247 Å². The molecule has 0 bridgehead atoms. The van der Waals surface area contributed by atoms with Crippen LogP contribution in [0.15, 0.2) is 121 Å². The third-order valence-corrected chi connectivity index (χ3v) is 18.2. The first-order valence-electron chi connectivity index (χ1n) is 32.8. The van der Waals surface area contributed by atoms with E-state index in [4.69, 9.17) is 0 Å². The van der Waals surface area contributed by atoms with Crippen LogP contribution in [0.25, 0.3) is 0 Å². The first-order valence-corrected chi connectivity index (χ1v) is 32.8. The van der Waals surface area contributed by atoms with Crippen LogP contribution in [0.4, 0.5) is 28.4 Å². The molecular weight excluding hydrogens is 1020 g/mol. The first kappa shape index (κ1) is 69.8. The molecule has 0 atom stereocenters. The average molecular weight is 1150 g/mol. The van der Waals surface area contributed by atoms with Crippen molar-refractivity contribution in [1.29, 1.82) is 0 Å². The van der Waals surface area contributed by atoms with Gasteiger partial charge in [-0.05, 0) is 222 Å². The molecule has 4 aliphatic heterocycles. The number of piperazine rings is 1. The molecule has 0 radical (unpaired) electrons. The summed E-state index contributed by atoms with van der Waals surface area (Å²) in [4.78, 5) is 14.8. The second-order valence-corrected chi connectivity index (χ2v) is 32.6. The molecule has 5 aromatic carbocycles. The van der Waals surface area contributed by atoms with Crippen LogP contribution in [0.1, 0.15) is 232 Å². The molecular formula is C78H124N6. The zero-order valence-electron chi connectivity index (χ0n) is 58.5. The predicted octanol–water partition coefficient (Wildman–Crippen LogP) is 20.0. The SMILES string of the molecule is CC(C)(C)c1ccc(N2C(C)(C)CCCC2(C)C)cc1.CC(C)(C)c1ccc(N2CCCC2)cc1.CC(C)(C)c1ccc(N2CCCCC2)cc1.CN(c1ccc(C(C)(C)C)cc1)C(C)(C)C.CN1CCN(c2ccc(C(C)(C)C)cc2)CC1. The highest BCUT2D eigenvalue weighted by atomic mass is 15.3. The molecule has 4 saturated heterocycles. The molecule has 4 fully saturated rings. The number of benzene rings is 5. The second kappa shape index (κ2) is 28.7. The van der Waals surface area contributed by atoms with Gasteiger partial charge < -0.3 is 29.4 Å². The summed E-state index contributed by atoms with van der Waals surface area (Å²) in [6.45, 7) is 59.7. The van der Waals surface area contributed by atoms with Crippen molar-refractivity contribution in [1.82, 2.24) is 4.90 Å². The largest absolute Gasteiger partial charge is 0.372 e. The van der Waals surface area contributed by atoms with E-state index in [0.29, 0.717) is 0 Å². The highest BCUT2D eigenvalue weighted by Crippen LogP contribution is 2.42. The van der Waals surface area contributed by atoms with Gasteiger partial charge in [0.15, 0.2) is 0 Å². The zero-order valence-corrected chi connectivity index (χ0v) is 58.5. The summed E-state index contributed by atoms with van der Waals surface area (Å²) in [5, 5.41) is 0. The Kier molecular flexibility index (Phi) is 23.9. The van der Waals surface area contributed by atoms with Crippen molar-refractivity contribution in [3.05, 3.63) is 149 Å². The van der Waals surface area contributed by atoms with Crippen LogP contribution >= 0.6 is 0 Å². The number of likely N-dealkylation sites (N-methyl/N-ethyl adjacent to an activating group) is 1. The lowest BCUT2D eigenvalue weighted by atomic mass is 9.79. The molecule has 0 unspecified atom stereocenters. The van der Waals surface area contributed by atoms with E-state index in [9.17, 15) is 0 Å². The van der Waals surface area contributed by atoms with Gasteiger partial charge >= 0.3 is 0 Å². The number of rotatable bonds is 5. The van der Waals surface area contributed by atoms with Crippen molar-refractivity contribution >= 4 is 28.4 Å². The smallest absolute Gasteiger partial charge is 0.0375 e. The van der Waals surface area contributed by atoms with E-state index in [2.05, 4.69) is 317 Å². The summed E-state index contributed by atoms with van der Waals surface area (Å²) in [7, 11) is 4.34. The third-order valence-electron chi connectivity index (χ3n) is 18.2. The van der Waals surface area contributed by atoms with Crippen LogP contribution in [-0.4, -0.2) is 88.0 Å². The van der Waals surface area contributed by atoms with Gasteiger partial charge in [0.25, 0.3) is 0 Å². The summed E-state index contributed by atoms with van der Waals surface area (Å²) >= 11 is 0. The van der Waals surface area contributed by atoms with Gasteiger partial charge in [0.1, 0.15) is 0 Å². The number of piperidine rings is 2. The number of nitrogens with zero attached hydrogens (tertiary/aromatic N) is 6. The van der Waals surface area contributed by atoms with E-state index in [1.165, 1.54) is 147 Å². The Morgan fingerprint density at radius 1 is 0.310 bits per heavy atom. The minimum absolute atomic E-state index is 0.170. The molecule has 4 aliphatic rings. The van der Waals surface area contributed by atoms with E-state index >= 15 is 0 Å². The fourth-order valence-electron chi connectivity index (χ4n) is 12.1. The molecule has 84 heavy (non-hydrogen) atoms. The lowest BCUT2D eigenvalue weighted by Crippen LogP contribution is -2.59. The van der Waals surface area contributed by atoms with Crippen molar-refractivity contribution in [3.63, 3.8) is 0 Å².